The molecule has 1 saturated carbocycles. The van der Waals surface area contributed by atoms with Gasteiger partial charge in [0.1, 0.15) is 5.82 Å². The van der Waals surface area contributed by atoms with Crippen molar-refractivity contribution in [3.05, 3.63) is 35.6 Å². The number of halogens is 1. The van der Waals surface area contributed by atoms with Gasteiger partial charge >= 0.3 is 0 Å². The molecule has 1 aromatic carbocycles. The third kappa shape index (κ3) is 3.18. The molecule has 0 heterocycles. The number of amides is 1. The van der Waals surface area contributed by atoms with Gasteiger partial charge in [-0.25, -0.2) is 4.39 Å². The standard InChI is InChI=1S/C16H22FNO2/c1-3-16(20,4-2)10-18-15(19)13-9-12(13)11-7-5-6-8-14(11)17/h5-8,12-13,20H,3-4,9-10H2,1-2H3,(H,18,19). The topological polar surface area (TPSA) is 49.3 Å². The third-order valence-corrected chi connectivity index (χ3v) is 4.34. The lowest BCUT2D eigenvalue weighted by Crippen LogP contribution is -2.42. The molecule has 0 aromatic heterocycles. The van der Waals surface area contributed by atoms with Gasteiger partial charge in [-0.05, 0) is 36.8 Å². The quantitative estimate of drug-likeness (QED) is 0.841. The number of hydrogen-bond acceptors (Lipinski definition) is 2. The van der Waals surface area contributed by atoms with E-state index in [2.05, 4.69) is 5.32 Å². The van der Waals surface area contributed by atoms with E-state index in [1.807, 2.05) is 13.8 Å². The van der Waals surface area contributed by atoms with Gasteiger partial charge in [0.15, 0.2) is 0 Å². The number of carbonyl (C=O) groups excluding carboxylic acids is 1. The maximum atomic E-state index is 13.6. The minimum absolute atomic E-state index is 0.0208. The molecule has 1 aliphatic carbocycles. The van der Waals surface area contributed by atoms with Crippen LogP contribution in [0.25, 0.3) is 0 Å². The van der Waals surface area contributed by atoms with Crippen LogP contribution in [0.4, 0.5) is 4.39 Å². The lowest BCUT2D eigenvalue weighted by molar-refractivity contribution is -0.123. The first-order valence-electron chi connectivity index (χ1n) is 7.25. The van der Waals surface area contributed by atoms with Crippen LogP contribution in [-0.2, 0) is 4.79 Å². The van der Waals surface area contributed by atoms with Crippen molar-refractivity contribution >= 4 is 5.91 Å². The van der Waals surface area contributed by atoms with Crippen molar-refractivity contribution in [2.75, 3.05) is 6.54 Å². The normalized spacial score (nSPS) is 21.6. The fourth-order valence-electron chi connectivity index (χ4n) is 2.49. The van der Waals surface area contributed by atoms with Crippen LogP contribution in [0.1, 0.15) is 44.6 Å². The molecular formula is C16H22FNO2. The molecule has 20 heavy (non-hydrogen) atoms. The Labute approximate surface area is 119 Å². The Bertz CT molecular complexity index is 485. The molecule has 0 aliphatic heterocycles. The molecule has 1 amide bonds. The summed E-state index contributed by atoms with van der Waals surface area (Å²) in [4.78, 5) is 12.0. The van der Waals surface area contributed by atoms with Crippen LogP contribution in [0, 0.1) is 11.7 Å². The van der Waals surface area contributed by atoms with E-state index in [1.165, 1.54) is 6.07 Å². The summed E-state index contributed by atoms with van der Waals surface area (Å²) in [5, 5.41) is 12.9. The number of benzene rings is 1. The number of hydrogen-bond donors (Lipinski definition) is 2. The highest BCUT2D eigenvalue weighted by Gasteiger charge is 2.45. The van der Waals surface area contributed by atoms with E-state index < -0.39 is 5.60 Å². The van der Waals surface area contributed by atoms with Gasteiger partial charge in [-0.15, -0.1) is 0 Å². The molecular weight excluding hydrogens is 257 g/mol. The van der Waals surface area contributed by atoms with Crippen LogP contribution in [0.5, 0.6) is 0 Å². The molecule has 1 fully saturated rings. The summed E-state index contributed by atoms with van der Waals surface area (Å²) in [7, 11) is 0. The zero-order chi connectivity index (χ0) is 14.8. The largest absolute Gasteiger partial charge is 0.388 e. The van der Waals surface area contributed by atoms with Crippen molar-refractivity contribution in [3.8, 4) is 0 Å². The van der Waals surface area contributed by atoms with Gasteiger partial charge in [-0.1, -0.05) is 32.0 Å². The molecule has 3 nitrogen and oxygen atoms in total. The van der Waals surface area contributed by atoms with Crippen molar-refractivity contribution in [1.82, 2.24) is 5.32 Å². The SMILES string of the molecule is CCC(O)(CC)CNC(=O)C1CC1c1ccccc1F. The van der Waals surface area contributed by atoms with E-state index in [9.17, 15) is 14.3 Å². The third-order valence-electron chi connectivity index (χ3n) is 4.34. The van der Waals surface area contributed by atoms with Gasteiger partial charge in [0.2, 0.25) is 5.91 Å². The second-order valence-electron chi connectivity index (χ2n) is 5.62. The Morgan fingerprint density at radius 3 is 2.65 bits per heavy atom. The number of rotatable bonds is 6. The highest BCUT2D eigenvalue weighted by molar-refractivity contribution is 5.83. The van der Waals surface area contributed by atoms with Gasteiger partial charge in [0, 0.05) is 12.5 Å². The van der Waals surface area contributed by atoms with Gasteiger partial charge in [-0.3, -0.25) is 4.79 Å². The summed E-state index contributed by atoms with van der Waals surface area (Å²) in [6, 6.07) is 6.61. The van der Waals surface area contributed by atoms with Crippen LogP contribution in [-0.4, -0.2) is 23.2 Å². The summed E-state index contributed by atoms with van der Waals surface area (Å²) in [5.41, 5.74) is -0.216. The highest BCUT2D eigenvalue weighted by Crippen LogP contribution is 2.48. The Balaban J connectivity index is 1.89. The fraction of sp³-hybridized carbons (Fsp3) is 0.562. The number of nitrogens with one attached hydrogen (secondary N) is 1. The molecule has 2 unspecified atom stereocenters. The maximum absolute atomic E-state index is 13.6. The highest BCUT2D eigenvalue weighted by atomic mass is 19.1. The zero-order valence-electron chi connectivity index (χ0n) is 12.0. The van der Waals surface area contributed by atoms with Crippen LogP contribution in [0.2, 0.25) is 0 Å². The Kier molecular flexibility index (Phi) is 4.43. The van der Waals surface area contributed by atoms with Crippen molar-refractivity contribution in [2.24, 2.45) is 5.92 Å². The van der Waals surface area contributed by atoms with Gasteiger partial charge in [0.05, 0.1) is 5.60 Å². The Morgan fingerprint density at radius 2 is 2.05 bits per heavy atom. The van der Waals surface area contributed by atoms with Crippen molar-refractivity contribution in [3.63, 3.8) is 0 Å². The molecule has 1 aliphatic rings. The average molecular weight is 279 g/mol. The monoisotopic (exact) mass is 279 g/mol. The molecule has 4 heteroatoms. The predicted octanol–water partition coefficient (Wildman–Crippen LogP) is 2.60. The van der Waals surface area contributed by atoms with E-state index in [0.29, 0.717) is 24.8 Å². The summed E-state index contributed by atoms with van der Waals surface area (Å²) >= 11 is 0. The first kappa shape index (κ1) is 15.0. The lowest BCUT2D eigenvalue weighted by Gasteiger charge is -2.25. The minimum atomic E-state index is -0.835. The molecule has 0 radical (unpaired) electrons. The second-order valence-corrected chi connectivity index (χ2v) is 5.62. The fourth-order valence-corrected chi connectivity index (χ4v) is 2.49. The first-order valence-corrected chi connectivity index (χ1v) is 7.25. The molecule has 0 spiro atoms. The first-order chi connectivity index (χ1) is 9.50. The summed E-state index contributed by atoms with van der Waals surface area (Å²) in [6.07, 6.45) is 1.89. The summed E-state index contributed by atoms with van der Waals surface area (Å²) in [6.45, 7) is 4.06. The van der Waals surface area contributed by atoms with Crippen molar-refractivity contribution < 1.29 is 14.3 Å². The van der Waals surface area contributed by atoms with E-state index in [-0.39, 0.29) is 30.1 Å². The Hall–Kier alpha value is -1.42. The van der Waals surface area contributed by atoms with Gasteiger partial charge < -0.3 is 10.4 Å². The van der Waals surface area contributed by atoms with Crippen molar-refractivity contribution in [1.29, 1.82) is 0 Å². The molecule has 1 aromatic rings. The minimum Gasteiger partial charge on any atom is -0.388 e. The van der Waals surface area contributed by atoms with Crippen LogP contribution in [0.15, 0.2) is 24.3 Å². The van der Waals surface area contributed by atoms with Crippen LogP contribution < -0.4 is 5.32 Å². The van der Waals surface area contributed by atoms with E-state index >= 15 is 0 Å². The Morgan fingerprint density at radius 1 is 1.40 bits per heavy atom. The number of carbonyl (C=O) groups is 1. The smallest absolute Gasteiger partial charge is 0.223 e. The zero-order valence-corrected chi connectivity index (χ0v) is 12.0. The van der Waals surface area contributed by atoms with Crippen LogP contribution >= 0.6 is 0 Å². The molecule has 2 rings (SSSR count). The van der Waals surface area contributed by atoms with Gasteiger partial charge in [-0.2, -0.15) is 0 Å². The average Bonchev–Trinajstić information content (AvgIpc) is 3.25. The molecule has 2 atom stereocenters. The van der Waals surface area contributed by atoms with Gasteiger partial charge in [0.25, 0.3) is 0 Å². The second kappa shape index (κ2) is 5.92. The molecule has 0 bridgehead atoms. The van der Waals surface area contributed by atoms with Crippen LogP contribution in [0.3, 0.4) is 0 Å². The predicted molar refractivity (Wildman–Crippen MR) is 75.8 cm³/mol. The molecule has 0 saturated heterocycles. The summed E-state index contributed by atoms with van der Waals surface area (Å²) in [5.74, 6) is -0.512. The summed E-state index contributed by atoms with van der Waals surface area (Å²) < 4.78 is 13.6. The van der Waals surface area contributed by atoms with E-state index in [0.717, 1.165) is 0 Å². The van der Waals surface area contributed by atoms with Crippen molar-refractivity contribution in [2.45, 2.75) is 44.6 Å². The number of aliphatic hydroxyl groups is 1. The molecule has 110 valence electrons. The van der Waals surface area contributed by atoms with E-state index in [4.69, 9.17) is 0 Å². The molecule has 2 N–H and O–H groups in total. The maximum Gasteiger partial charge on any atom is 0.223 e. The lowest BCUT2D eigenvalue weighted by atomic mass is 9.97. The van der Waals surface area contributed by atoms with E-state index in [1.54, 1.807) is 18.2 Å².